The van der Waals surface area contributed by atoms with Gasteiger partial charge in [0.1, 0.15) is 6.29 Å². The van der Waals surface area contributed by atoms with E-state index in [1.165, 1.54) is 48.8 Å². The van der Waals surface area contributed by atoms with Gasteiger partial charge in [-0.25, -0.2) is 0 Å². The van der Waals surface area contributed by atoms with Crippen LogP contribution in [-0.4, -0.2) is 77.8 Å². The SMILES string of the molecule is C=C(C=CC=C(CO)[C@H]1CC[C@]2([C@@H]1O)[C@H]1C(=C(C)C=O)[C@@H](C=C[C@H]1CCO)C[C@]2(O)CCNC)[C@H]1CC=C(C)CN[C@@H](C2CCCCC2)Cc2cccc(c2)C1. The van der Waals surface area contributed by atoms with Crippen LogP contribution in [0.25, 0.3) is 0 Å². The molecular formula is C49H70N2O5. The zero-order valence-corrected chi connectivity index (χ0v) is 34.4. The molecule has 7 nitrogen and oxygen atoms in total. The highest BCUT2D eigenvalue weighted by atomic mass is 16.3. The molecule has 9 atom stereocenters. The van der Waals surface area contributed by atoms with Gasteiger partial charge in [0.15, 0.2) is 0 Å². The van der Waals surface area contributed by atoms with E-state index in [1.807, 2.05) is 26.1 Å². The first-order valence-corrected chi connectivity index (χ1v) is 21.7. The molecule has 1 aromatic rings. The topological polar surface area (TPSA) is 122 Å². The molecule has 0 saturated heterocycles. The Bertz CT molecular complexity index is 1680. The molecule has 4 bridgehead atoms. The van der Waals surface area contributed by atoms with E-state index in [-0.39, 0.29) is 42.8 Å². The third kappa shape index (κ3) is 8.89. The number of hydrogen-bond donors (Lipinski definition) is 6. The molecule has 6 N–H and O–H groups in total. The maximum Gasteiger partial charge on any atom is 0.145 e. The highest BCUT2D eigenvalue weighted by molar-refractivity contribution is 5.74. The average Bonchev–Trinajstić information content (AvgIpc) is 3.55. The maximum absolute atomic E-state index is 12.8. The molecule has 0 amide bonds. The Balaban J connectivity index is 1.25. The summed E-state index contributed by atoms with van der Waals surface area (Å²) >= 11 is 0. The zero-order chi connectivity index (χ0) is 39.9. The number of aldehydes is 1. The first-order chi connectivity index (χ1) is 27.1. The first-order valence-electron chi connectivity index (χ1n) is 21.7. The van der Waals surface area contributed by atoms with E-state index in [4.69, 9.17) is 0 Å². The Kier molecular flexibility index (Phi) is 14.7. The Labute approximate surface area is 336 Å². The van der Waals surface area contributed by atoms with Gasteiger partial charge in [0.2, 0.25) is 0 Å². The van der Waals surface area contributed by atoms with Crippen LogP contribution >= 0.6 is 0 Å². The van der Waals surface area contributed by atoms with Gasteiger partial charge in [-0.2, -0.15) is 0 Å². The maximum atomic E-state index is 12.8. The quantitative estimate of drug-likeness (QED) is 0.0580. The van der Waals surface area contributed by atoms with Crippen molar-refractivity contribution >= 4 is 6.29 Å². The summed E-state index contributed by atoms with van der Waals surface area (Å²) in [6, 6.07) is 9.64. The number of carbonyl (C=O) groups excluding carboxylic acids is 1. The van der Waals surface area contributed by atoms with Gasteiger partial charge in [-0.15, -0.1) is 0 Å². The molecule has 0 aromatic heterocycles. The van der Waals surface area contributed by atoms with Gasteiger partial charge in [-0.1, -0.05) is 103 Å². The van der Waals surface area contributed by atoms with Crippen LogP contribution in [0.2, 0.25) is 0 Å². The Morgan fingerprint density at radius 2 is 1.86 bits per heavy atom. The van der Waals surface area contributed by atoms with Crippen LogP contribution in [0.1, 0.15) is 95.6 Å². The van der Waals surface area contributed by atoms with Crippen LogP contribution < -0.4 is 10.6 Å². The highest BCUT2D eigenvalue weighted by Gasteiger charge is 2.68. The van der Waals surface area contributed by atoms with Crippen molar-refractivity contribution in [3.05, 3.63) is 106 Å². The van der Waals surface area contributed by atoms with E-state index in [1.54, 1.807) is 0 Å². The van der Waals surface area contributed by atoms with Crippen molar-refractivity contribution in [1.29, 1.82) is 0 Å². The minimum absolute atomic E-state index is 0.0236. The number of rotatable bonds is 12. The molecule has 3 saturated carbocycles. The monoisotopic (exact) mass is 767 g/mol. The third-order valence-electron chi connectivity index (χ3n) is 14.7. The van der Waals surface area contributed by atoms with Crippen molar-refractivity contribution in [3.63, 3.8) is 0 Å². The lowest BCUT2D eigenvalue weighted by Gasteiger charge is -2.61. The van der Waals surface area contributed by atoms with Gasteiger partial charge in [0.25, 0.3) is 0 Å². The zero-order valence-electron chi connectivity index (χ0n) is 34.4. The van der Waals surface area contributed by atoms with Crippen LogP contribution in [0.5, 0.6) is 0 Å². The molecule has 0 unspecified atom stereocenters. The van der Waals surface area contributed by atoms with Gasteiger partial charge >= 0.3 is 0 Å². The lowest BCUT2D eigenvalue weighted by atomic mass is 9.45. The van der Waals surface area contributed by atoms with Gasteiger partial charge in [0.05, 0.1) is 18.3 Å². The normalized spacial score (nSPS) is 35.2. The largest absolute Gasteiger partial charge is 0.396 e. The van der Waals surface area contributed by atoms with Crippen molar-refractivity contribution in [2.45, 2.75) is 115 Å². The van der Waals surface area contributed by atoms with E-state index >= 15 is 0 Å². The Morgan fingerprint density at radius 1 is 1.09 bits per heavy atom. The predicted molar refractivity (Wildman–Crippen MR) is 227 cm³/mol. The smallest absolute Gasteiger partial charge is 0.145 e. The molecule has 6 rings (SSSR count). The Hall–Kier alpha value is -2.91. The van der Waals surface area contributed by atoms with Crippen LogP contribution in [0.15, 0.2) is 95.2 Å². The van der Waals surface area contributed by atoms with Crippen molar-refractivity contribution in [2.24, 2.45) is 40.9 Å². The molecule has 7 heteroatoms. The van der Waals surface area contributed by atoms with Crippen LogP contribution in [-0.2, 0) is 17.6 Å². The van der Waals surface area contributed by atoms with Crippen molar-refractivity contribution < 1.29 is 25.2 Å². The van der Waals surface area contributed by atoms with E-state index in [2.05, 4.69) is 72.7 Å². The minimum Gasteiger partial charge on any atom is -0.396 e. The summed E-state index contributed by atoms with van der Waals surface area (Å²) in [5.74, 6) is 0.0507. The fourth-order valence-corrected chi connectivity index (χ4v) is 11.8. The number of aliphatic hydroxyl groups excluding tert-OH is 3. The van der Waals surface area contributed by atoms with E-state index < -0.39 is 17.1 Å². The molecule has 0 radical (unpaired) electrons. The summed E-state index contributed by atoms with van der Waals surface area (Å²) in [5, 5.41) is 53.6. The number of fused-ring (bicyclic) bond motifs is 5. The number of hydrogen-bond acceptors (Lipinski definition) is 7. The standard InChI is InChI=1S/C49H70N2O5/c1-33-16-17-40(27-36-11-9-12-37(26-36)28-44(51-30-33)38-13-6-5-7-14-38)34(2)10-8-15-42(32-54)43-20-22-49(47(43)55)46-39(21-25-52)18-19-41(45(46)35(3)31-53)29-48(49,56)23-24-50-4/h8-12,15-16,18-19,26,31,38-41,43-44,46-47,50-52,54-56H,2,5-7,13-14,17,20-25,27-30,32H2,1,3-4H3/t39-,40-,41-,43+,44+,46+,47+,48+,49+/m0/s1. The summed E-state index contributed by atoms with van der Waals surface area (Å²) in [5.41, 5.74) is 5.35. The highest BCUT2D eigenvalue weighted by Crippen LogP contribution is 2.67. The summed E-state index contributed by atoms with van der Waals surface area (Å²) in [6.07, 6.45) is 24.7. The van der Waals surface area contributed by atoms with E-state index in [9.17, 15) is 25.2 Å². The summed E-state index contributed by atoms with van der Waals surface area (Å²) in [4.78, 5) is 12.3. The second-order valence-corrected chi connectivity index (χ2v) is 18.1. The van der Waals surface area contributed by atoms with Crippen LogP contribution in [0, 0.1) is 40.9 Å². The lowest BCUT2D eigenvalue weighted by molar-refractivity contribution is -0.194. The van der Waals surface area contributed by atoms with Gasteiger partial charge in [-0.05, 0) is 138 Å². The van der Waals surface area contributed by atoms with E-state index in [0.717, 1.165) is 54.7 Å². The van der Waals surface area contributed by atoms with Gasteiger partial charge in [-0.3, -0.25) is 4.79 Å². The van der Waals surface area contributed by atoms with Crippen molar-refractivity contribution in [2.75, 3.05) is 33.4 Å². The number of allylic oxidation sites excluding steroid dienone is 9. The van der Waals surface area contributed by atoms with Gasteiger partial charge in [0, 0.05) is 36.4 Å². The summed E-state index contributed by atoms with van der Waals surface area (Å²) < 4.78 is 0. The molecule has 306 valence electrons. The lowest BCUT2D eigenvalue weighted by Crippen LogP contribution is -2.65. The molecule has 5 aliphatic rings. The van der Waals surface area contributed by atoms with Crippen LogP contribution in [0.4, 0.5) is 0 Å². The predicted octanol–water partition coefficient (Wildman–Crippen LogP) is 7.13. The minimum atomic E-state index is -1.21. The number of carbonyl (C=O) groups is 1. The van der Waals surface area contributed by atoms with E-state index in [0.29, 0.717) is 50.3 Å². The molecule has 56 heavy (non-hydrogen) atoms. The van der Waals surface area contributed by atoms with Crippen LogP contribution in [0.3, 0.4) is 0 Å². The molecule has 4 aliphatic carbocycles. The molecular weight excluding hydrogens is 697 g/mol. The fourth-order valence-electron chi connectivity index (χ4n) is 11.8. The number of benzene rings is 1. The second-order valence-electron chi connectivity index (χ2n) is 18.1. The van der Waals surface area contributed by atoms with Gasteiger partial charge < -0.3 is 31.1 Å². The third-order valence-corrected chi connectivity index (χ3v) is 14.7. The van der Waals surface area contributed by atoms with Crippen molar-refractivity contribution in [3.8, 4) is 0 Å². The molecule has 1 aliphatic heterocycles. The summed E-state index contributed by atoms with van der Waals surface area (Å²) in [7, 11) is 1.87. The summed E-state index contributed by atoms with van der Waals surface area (Å²) in [6.45, 7) is 9.89. The fraction of sp³-hybridized carbons (Fsp3) is 0.612. The molecule has 1 aromatic carbocycles. The Morgan fingerprint density at radius 3 is 2.57 bits per heavy atom. The molecule has 1 heterocycles. The van der Waals surface area contributed by atoms with Crippen molar-refractivity contribution in [1.82, 2.24) is 10.6 Å². The second kappa shape index (κ2) is 19.2. The molecule has 3 fully saturated rings. The number of aliphatic hydroxyl groups is 4. The number of nitrogens with one attached hydrogen (secondary N) is 2. The average molecular weight is 767 g/mol. The first kappa shape index (κ1) is 42.7. The molecule has 1 spiro atoms.